The molecule has 2 amide bonds. The van der Waals surface area contributed by atoms with Crippen LogP contribution < -0.4 is 10.6 Å². The maximum absolute atomic E-state index is 12.2. The van der Waals surface area contributed by atoms with Crippen molar-refractivity contribution < 1.29 is 14.0 Å². The van der Waals surface area contributed by atoms with Crippen molar-refractivity contribution in [1.29, 1.82) is 0 Å². The van der Waals surface area contributed by atoms with Crippen LogP contribution in [0.2, 0.25) is 0 Å². The van der Waals surface area contributed by atoms with E-state index < -0.39 is 0 Å². The molecule has 0 saturated carbocycles. The lowest BCUT2D eigenvalue weighted by molar-refractivity contribution is -0.116. The van der Waals surface area contributed by atoms with Crippen LogP contribution in [-0.2, 0) is 16.0 Å². The van der Waals surface area contributed by atoms with Gasteiger partial charge >= 0.3 is 0 Å². The Morgan fingerprint density at radius 2 is 2.07 bits per heavy atom. The van der Waals surface area contributed by atoms with Gasteiger partial charge in [-0.25, -0.2) is 4.98 Å². The minimum Gasteiger partial charge on any atom is -0.441 e. The second kappa shape index (κ2) is 7.67. The van der Waals surface area contributed by atoms with E-state index in [1.165, 1.54) is 11.8 Å². The van der Waals surface area contributed by atoms with E-state index in [0.29, 0.717) is 29.5 Å². The van der Waals surface area contributed by atoms with Crippen LogP contribution in [0.3, 0.4) is 0 Å². The summed E-state index contributed by atoms with van der Waals surface area (Å²) in [5.74, 6) is 1.46. The zero-order valence-corrected chi connectivity index (χ0v) is 15.2. The minimum atomic E-state index is -0.135. The van der Waals surface area contributed by atoms with Crippen LogP contribution in [0.25, 0.3) is 11.3 Å². The highest BCUT2D eigenvalue weighted by molar-refractivity contribution is 8.00. The molecule has 4 rings (SSSR count). The number of oxazole rings is 1. The van der Waals surface area contributed by atoms with Crippen LogP contribution in [0.4, 0.5) is 11.4 Å². The third-order valence-corrected chi connectivity index (χ3v) is 5.15. The van der Waals surface area contributed by atoms with E-state index in [1.54, 1.807) is 12.3 Å². The highest BCUT2D eigenvalue weighted by Gasteiger charge is 2.16. The molecule has 136 valence electrons. The van der Waals surface area contributed by atoms with E-state index in [0.717, 1.165) is 16.1 Å². The Hall–Kier alpha value is -3.06. The number of thioether (sulfide) groups is 1. The van der Waals surface area contributed by atoms with E-state index in [4.69, 9.17) is 4.42 Å². The third-order valence-electron chi connectivity index (χ3n) is 4.07. The molecule has 1 aliphatic rings. The number of hydrogen-bond donors (Lipinski definition) is 2. The lowest BCUT2D eigenvalue weighted by atomic mass is 10.2. The summed E-state index contributed by atoms with van der Waals surface area (Å²) in [7, 11) is 0. The minimum absolute atomic E-state index is 0.0332. The molecule has 2 aromatic carbocycles. The first-order valence-corrected chi connectivity index (χ1v) is 9.52. The molecule has 0 fully saturated rings. The summed E-state index contributed by atoms with van der Waals surface area (Å²) in [5.41, 5.74) is 2.34. The van der Waals surface area contributed by atoms with Crippen molar-refractivity contribution in [3.63, 3.8) is 0 Å². The summed E-state index contributed by atoms with van der Waals surface area (Å²) in [6.45, 7) is 0. The molecule has 3 aromatic rings. The van der Waals surface area contributed by atoms with Gasteiger partial charge in [0.25, 0.3) is 0 Å². The highest BCUT2D eigenvalue weighted by atomic mass is 32.2. The number of hydrogen-bond acceptors (Lipinski definition) is 5. The number of fused-ring (bicyclic) bond motifs is 1. The van der Waals surface area contributed by atoms with E-state index >= 15 is 0 Å². The van der Waals surface area contributed by atoms with Gasteiger partial charge in [0.1, 0.15) is 0 Å². The standard InChI is InChI=1S/C20H17N3O3S/c24-18(22-14-6-7-17-15(10-14)23-19(25)12-27-17)8-9-20-21-11-16(26-20)13-4-2-1-3-5-13/h1-7,10-11H,8-9,12H2,(H,22,24)(H,23,25). The van der Waals surface area contributed by atoms with Gasteiger partial charge in [-0.1, -0.05) is 30.3 Å². The molecule has 1 aromatic heterocycles. The molecule has 1 aliphatic heterocycles. The maximum atomic E-state index is 12.2. The second-order valence-electron chi connectivity index (χ2n) is 6.08. The van der Waals surface area contributed by atoms with Crippen molar-refractivity contribution in [2.24, 2.45) is 0 Å². The Balaban J connectivity index is 1.34. The normalized spacial score (nSPS) is 13.0. The van der Waals surface area contributed by atoms with Crippen LogP contribution in [0.1, 0.15) is 12.3 Å². The monoisotopic (exact) mass is 379 g/mol. The SMILES string of the molecule is O=C(CCc1ncc(-c2ccccc2)o1)Nc1ccc2c(c1)NC(=O)CS2. The first kappa shape index (κ1) is 17.4. The molecule has 0 saturated heterocycles. The fourth-order valence-corrected chi connectivity index (χ4v) is 3.56. The van der Waals surface area contributed by atoms with Crippen molar-refractivity contribution in [3.8, 4) is 11.3 Å². The summed E-state index contributed by atoms with van der Waals surface area (Å²) in [5, 5.41) is 5.66. The average molecular weight is 379 g/mol. The Morgan fingerprint density at radius 3 is 2.93 bits per heavy atom. The number of nitrogens with one attached hydrogen (secondary N) is 2. The highest BCUT2D eigenvalue weighted by Crippen LogP contribution is 2.33. The molecule has 0 aliphatic carbocycles. The molecule has 0 radical (unpaired) electrons. The molecule has 0 spiro atoms. The predicted molar refractivity (Wildman–Crippen MR) is 105 cm³/mol. The molecule has 7 heteroatoms. The number of nitrogens with zero attached hydrogens (tertiary/aromatic N) is 1. The molecular formula is C20H17N3O3S. The Morgan fingerprint density at radius 1 is 1.22 bits per heavy atom. The first-order valence-electron chi connectivity index (χ1n) is 8.54. The van der Waals surface area contributed by atoms with Gasteiger partial charge in [0.2, 0.25) is 11.8 Å². The Labute approximate surface area is 160 Å². The fourth-order valence-electron chi connectivity index (χ4n) is 2.77. The van der Waals surface area contributed by atoms with Crippen LogP contribution in [0.15, 0.2) is 64.0 Å². The van der Waals surface area contributed by atoms with Crippen LogP contribution in [-0.4, -0.2) is 22.6 Å². The van der Waals surface area contributed by atoms with Crippen molar-refractivity contribution >= 4 is 35.0 Å². The number of rotatable bonds is 5. The van der Waals surface area contributed by atoms with Gasteiger partial charge < -0.3 is 15.1 Å². The van der Waals surface area contributed by atoms with Crippen molar-refractivity contribution in [2.45, 2.75) is 17.7 Å². The molecule has 0 atom stereocenters. The van der Waals surface area contributed by atoms with Gasteiger partial charge in [0.15, 0.2) is 11.7 Å². The zero-order valence-electron chi connectivity index (χ0n) is 14.4. The van der Waals surface area contributed by atoms with E-state index in [1.807, 2.05) is 42.5 Å². The van der Waals surface area contributed by atoms with Crippen LogP contribution in [0.5, 0.6) is 0 Å². The molecule has 2 N–H and O–H groups in total. The van der Waals surface area contributed by atoms with Gasteiger partial charge in [0.05, 0.1) is 17.6 Å². The van der Waals surface area contributed by atoms with Crippen LogP contribution in [0, 0.1) is 0 Å². The summed E-state index contributed by atoms with van der Waals surface area (Å²) < 4.78 is 5.72. The number of aryl methyl sites for hydroxylation is 1. The van der Waals surface area contributed by atoms with Gasteiger partial charge in [-0.15, -0.1) is 11.8 Å². The number of amides is 2. The predicted octanol–water partition coefficient (Wildman–Crippen LogP) is 3.96. The van der Waals surface area contributed by atoms with Gasteiger partial charge in [-0.3, -0.25) is 9.59 Å². The quantitative estimate of drug-likeness (QED) is 0.701. The van der Waals surface area contributed by atoms with E-state index in [-0.39, 0.29) is 18.2 Å². The van der Waals surface area contributed by atoms with E-state index in [9.17, 15) is 9.59 Å². The fraction of sp³-hybridized carbons (Fsp3) is 0.150. The van der Waals surface area contributed by atoms with Crippen molar-refractivity contribution in [2.75, 3.05) is 16.4 Å². The smallest absolute Gasteiger partial charge is 0.234 e. The van der Waals surface area contributed by atoms with E-state index in [2.05, 4.69) is 15.6 Å². The second-order valence-corrected chi connectivity index (χ2v) is 7.10. The first-order chi connectivity index (χ1) is 13.2. The van der Waals surface area contributed by atoms with Gasteiger partial charge in [-0.05, 0) is 18.2 Å². The zero-order chi connectivity index (χ0) is 18.6. The molecular weight excluding hydrogens is 362 g/mol. The van der Waals surface area contributed by atoms with Crippen molar-refractivity contribution in [1.82, 2.24) is 4.98 Å². The summed E-state index contributed by atoms with van der Waals surface area (Å²) >= 11 is 1.49. The number of anilines is 2. The lowest BCUT2D eigenvalue weighted by Gasteiger charge is -2.17. The molecule has 0 bridgehead atoms. The number of carbonyl (C=O) groups is 2. The van der Waals surface area contributed by atoms with Crippen LogP contribution >= 0.6 is 11.8 Å². The van der Waals surface area contributed by atoms with Gasteiger partial charge in [0, 0.05) is 29.0 Å². The summed E-state index contributed by atoms with van der Waals surface area (Å²) in [4.78, 5) is 28.9. The van der Waals surface area contributed by atoms with Crippen molar-refractivity contribution in [3.05, 3.63) is 60.6 Å². The average Bonchev–Trinajstić information content (AvgIpc) is 3.16. The molecule has 2 heterocycles. The number of aromatic nitrogens is 1. The maximum Gasteiger partial charge on any atom is 0.234 e. The number of carbonyl (C=O) groups excluding carboxylic acids is 2. The Bertz CT molecular complexity index is 985. The lowest BCUT2D eigenvalue weighted by Crippen LogP contribution is -2.19. The summed E-state index contributed by atoms with van der Waals surface area (Å²) in [6, 6.07) is 15.2. The molecule has 6 nitrogen and oxygen atoms in total. The van der Waals surface area contributed by atoms with Gasteiger partial charge in [-0.2, -0.15) is 0 Å². The molecule has 0 unspecified atom stereocenters. The summed E-state index contributed by atoms with van der Waals surface area (Å²) in [6.07, 6.45) is 2.34. The number of benzene rings is 2. The topological polar surface area (TPSA) is 84.2 Å². The Kier molecular flexibility index (Phi) is 4.93. The largest absolute Gasteiger partial charge is 0.441 e. The third kappa shape index (κ3) is 4.20. The molecule has 27 heavy (non-hydrogen) atoms.